The van der Waals surface area contributed by atoms with Gasteiger partial charge in [-0.15, -0.1) is 0 Å². The third-order valence-electron chi connectivity index (χ3n) is 5.61. The largest absolute Gasteiger partial charge is 0.380 e. The standard InChI is InChI=1S/C23H24O3S/c1-26-16-17-4-6-18(7-5-17)21-14-23(12-3-13-23)15-22(21)19-8-10-20(11-9-19)27(2,24)25/h4-11,14-15H,3,12-13,16H2,1-2H3. The van der Waals surface area contributed by atoms with Crippen molar-refractivity contribution in [2.45, 2.75) is 30.8 Å². The quantitative estimate of drug-likeness (QED) is 0.742. The van der Waals surface area contributed by atoms with Gasteiger partial charge in [-0.25, -0.2) is 8.42 Å². The Bertz CT molecular complexity index is 1010. The Morgan fingerprint density at radius 2 is 1.41 bits per heavy atom. The van der Waals surface area contributed by atoms with E-state index in [-0.39, 0.29) is 5.41 Å². The van der Waals surface area contributed by atoms with Crippen LogP contribution in [0.15, 0.2) is 65.6 Å². The Morgan fingerprint density at radius 3 is 1.81 bits per heavy atom. The summed E-state index contributed by atoms with van der Waals surface area (Å²) in [6, 6.07) is 15.8. The van der Waals surface area contributed by atoms with Gasteiger partial charge in [-0.1, -0.05) is 55.0 Å². The topological polar surface area (TPSA) is 43.4 Å². The summed E-state index contributed by atoms with van der Waals surface area (Å²) in [5.41, 5.74) is 6.03. The van der Waals surface area contributed by atoms with E-state index in [1.54, 1.807) is 19.2 Å². The van der Waals surface area contributed by atoms with E-state index < -0.39 is 9.84 Å². The van der Waals surface area contributed by atoms with Crippen LogP contribution in [0.2, 0.25) is 0 Å². The molecule has 0 atom stereocenters. The summed E-state index contributed by atoms with van der Waals surface area (Å²) in [5.74, 6) is 0. The second-order valence-corrected chi connectivity index (χ2v) is 9.64. The summed E-state index contributed by atoms with van der Waals surface area (Å²) in [6.07, 6.45) is 9.65. The molecule has 0 aromatic heterocycles. The first-order valence-electron chi connectivity index (χ1n) is 9.25. The first kappa shape index (κ1) is 18.2. The molecule has 2 aromatic carbocycles. The molecule has 0 N–H and O–H groups in total. The zero-order valence-corrected chi connectivity index (χ0v) is 16.6. The van der Waals surface area contributed by atoms with Gasteiger partial charge in [0.2, 0.25) is 0 Å². The number of hydrogen-bond donors (Lipinski definition) is 0. The summed E-state index contributed by atoms with van der Waals surface area (Å²) >= 11 is 0. The Morgan fingerprint density at radius 1 is 0.889 bits per heavy atom. The van der Waals surface area contributed by atoms with E-state index in [4.69, 9.17) is 4.74 Å². The number of allylic oxidation sites excluding steroid dienone is 4. The van der Waals surface area contributed by atoms with Crippen molar-refractivity contribution in [2.75, 3.05) is 13.4 Å². The van der Waals surface area contributed by atoms with Crippen molar-refractivity contribution in [3.63, 3.8) is 0 Å². The molecule has 4 heteroatoms. The first-order chi connectivity index (χ1) is 12.9. The summed E-state index contributed by atoms with van der Waals surface area (Å²) in [5, 5.41) is 0. The van der Waals surface area contributed by atoms with Crippen molar-refractivity contribution in [3.8, 4) is 0 Å². The smallest absolute Gasteiger partial charge is 0.175 e. The predicted octanol–water partition coefficient (Wildman–Crippen LogP) is 4.89. The molecule has 0 amide bonds. The van der Waals surface area contributed by atoms with E-state index >= 15 is 0 Å². The molecule has 140 valence electrons. The summed E-state index contributed by atoms with van der Waals surface area (Å²) in [4.78, 5) is 0.359. The lowest BCUT2D eigenvalue weighted by atomic mass is 9.70. The number of ether oxygens (including phenoxy) is 1. The molecule has 2 aliphatic carbocycles. The van der Waals surface area contributed by atoms with E-state index in [9.17, 15) is 8.42 Å². The predicted molar refractivity (Wildman–Crippen MR) is 109 cm³/mol. The van der Waals surface area contributed by atoms with Crippen LogP contribution < -0.4 is 0 Å². The third-order valence-corrected chi connectivity index (χ3v) is 6.74. The molecular formula is C23H24O3S. The van der Waals surface area contributed by atoms with Crippen LogP contribution in [-0.2, 0) is 21.2 Å². The Balaban J connectivity index is 1.72. The monoisotopic (exact) mass is 380 g/mol. The van der Waals surface area contributed by atoms with E-state index in [0.29, 0.717) is 11.5 Å². The lowest BCUT2D eigenvalue weighted by Crippen LogP contribution is -2.22. The minimum Gasteiger partial charge on any atom is -0.380 e. The molecule has 0 aliphatic heterocycles. The normalized spacial score (nSPS) is 18.1. The maximum Gasteiger partial charge on any atom is 0.175 e. The Hall–Kier alpha value is -2.17. The molecule has 0 radical (unpaired) electrons. The van der Waals surface area contributed by atoms with E-state index in [1.165, 1.54) is 42.2 Å². The molecule has 4 rings (SSSR count). The summed E-state index contributed by atoms with van der Waals surface area (Å²) < 4.78 is 28.7. The molecule has 2 aromatic rings. The maximum atomic E-state index is 11.8. The van der Waals surface area contributed by atoms with Crippen molar-refractivity contribution >= 4 is 21.0 Å². The van der Waals surface area contributed by atoms with Crippen molar-refractivity contribution in [3.05, 3.63) is 77.4 Å². The van der Waals surface area contributed by atoms with Crippen molar-refractivity contribution in [2.24, 2.45) is 5.41 Å². The fourth-order valence-electron chi connectivity index (χ4n) is 3.95. The molecule has 0 bridgehead atoms. The number of benzene rings is 2. The van der Waals surface area contributed by atoms with Gasteiger partial charge in [-0.2, -0.15) is 0 Å². The van der Waals surface area contributed by atoms with Gasteiger partial charge in [0.05, 0.1) is 11.5 Å². The number of sulfone groups is 1. The van der Waals surface area contributed by atoms with Gasteiger partial charge in [0, 0.05) is 18.8 Å². The first-order valence-corrected chi connectivity index (χ1v) is 11.1. The van der Waals surface area contributed by atoms with Gasteiger partial charge >= 0.3 is 0 Å². The molecule has 2 aliphatic rings. The molecule has 0 heterocycles. The van der Waals surface area contributed by atoms with Gasteiger partial charge in [-0.3, -0.25) is 0 Å². The van der Waals surface area contributed by atoms with Gasteiger partial charge in [0.1, 0.15) is 0 Å². The SMILES string of the molecule is COCc1ccc(C2=CC3(C=C2c2ccc(S(C)(=O)=O)cc2)CCC3)cc1. The second kappa shape index (κ2) is 6.77. The van der Waals surface area contributed by atoms with Crippen molar-refractivity contribution in [1.82, 2.24) is 0 Å². The van der Waals surface area contributed by atoms with Crippen LogP contribution in [0.25, 0.3) is 11.1 Å². The fourth-order valence-corrected chi connectivity index (χ4v) is 4.58. The van der Waals surface area contributed by atoms with E-state index in [2.05, 4.69) is 36.4 Å². The van der Waals surface area contributed by atoms with Gasteiger partial charge in [-0.05, 0) is 52.8 Å². The highest BCUT2D eigenvalue weighted by Gasteiger charge is 2.38. The average molecular weight is 381 g/mol. The molecular weight excluding hydrogens is 356 g/mol. The lowest BCUT2D eigenvalue weighted by Gasteiger charge is -2.34. The lowest BCUT2D eigenvalue weighted by molar-refractivity contribution is 0.185. The van der Waals surface area contributed by atoms with Crippen LogP contribution in [-0.4, -0.2) is 21.8 Å². The van der Waals surface area contributed by atoms with Gasteiger partial charge in [0.15, 0.2) is 9.84 Å². The van der Waals surface area contributed by atoms with Gasteiger partial charge < -0.3 is 4.74 Å². The Kier molecular flexibility index (Phi) is 4.57. The highest BCUT2D eigenvalue weighted by atomic mass is 32.2. The molecule has 1 saturated carbocycles. The molecule has 27 heavy (non-hydrogen) atoms. The van der Waals surface area contributed by atoms with Crippen LogP contribution in [0.3, 0.4) is 0 Å². The van der Waals surface area contributed by atoms with Gasteiger partial charge in [0.25, 0.3) is 0 Å². The van der Waals surface area contributed by atoms with E-state index in [0.717, 1.165) is 11.1 Å². The van der Waals surface area contributed by atoms with Crippen LogP contribution in [0.5, 0.6) is 0 Å². The highest BCUT2D eigenvalue weighted by Crippen LogP contribution is 2.53. The zero-order chi connectivity index (χ0) is 19.1. The number of methoxy groups -OCH3 is 1. The second-order valence-electron chi connectivity index (χ2n) is 7.63. The fraction of sp³-hybridized carbons (Fsp3) is 0.304. The zero-order valence-electron chi connectivity index (χ0n) is 15.7. The molecule has 1 fully saturated rings. The number of rotatable bonds is 5. The highest BCUT2D eigenvalue weighted by molar-refractivity contribution is 7.90. The van der Waals surface area contributed by atoms with Crippen LogP contribution in [0.1, 0.15) is 36.0 Å². The number of hydrogen-bond acceptors (Lipinski definition) is 3. The molecule has 0 unspecified atom stereocenters. The van der Waals surface area contributed by atoms with Crippen molar-refractivity contribution in [1.29, 1.82) is 0 Å². The molecule has 1 spiro atoms. The molecule has 0 saturated heterocycles. The minimum absolute atomic E-state index is 0.172. The maximum absolute atomic E-state index is 11.8. The molecule has 3 nitrogen and oxygen atoms in total. The average Bonchev–Trinajstić information content (AvgIpc) is 3.04. The van der Waals surface area contributed by atoms with Crippen LogP contribution in [0, 0.1) is 5.41 Å². The van der Waals surface area contributed by atoms with Crippen LogP contribution >= 0.6 is 0 Å². The summed E-state index contributed by atoms with van der Waals surface area (Å²) in [7, 11) is -1.48. The van der Waals surface area contributed by atoms with Crippen molar-refractivity contribution < 1.29 is 13.2 Å². The summed E-state index contributed by atoms with van der Waals surface area (Å²) in [6.45, 7) is 0.610. The Labute approximate surface area is 161 Å². The van der Waals surface area contributed by atoms with Crippen LogP contribution in [0.4, 0.5) is 0 Å². The van der Waals surface area contributed by atoms with E-state index in [1.807, 2.05) is 12.1 Å². The third kappa shape index (κ3) is 3.52. The minimum atomic E-state index is -3.18.